The van der Waals surface area contributed by atoms with Crippen molar-refractivity contribution in [2.75, 3.05) is 25.0 Å². The van der Waals surface area contributed by atoms with Crippen molar-refractivity contribution in [3.8, 4) is 0 Å². The van der Waals surface area contributed by atoms with E-state index in [9.17, 15) is 4.79 Å². The van der Waals surface area contributed by atoms with Crippen LogP contribution < -0.4 is 5.32 Å². The summed E-state index contributed by atoms with van der Waals surface area (Å²) in [6.45, 7) is 8.38. The third-order valence-corrected chi connectivity index (χ3v) is 3.02. The van der Waals surface area contributed by atoms with E-state index < -0.39 is 0 Å². The van der Waals surface area contributed by atoms with Crippen LogP contribution in [0.1, 0.15) is 44.0 Å². The molecule has 1 amide bonds. The molecule has 106 valence electrons. The van der Waals surface area contributed by atoms with Gasteiger partial charge in [-0.05, 0) is 25.8 Å². The third-order valence-electron chi connectivity index (χ3n) is 2.72. The average molecular weight is 284 g/mol. The average Bonchev–Trinajstić information content (AvgIpc) is 2.40. The lowest BCUT2D eigenvalue weighted by molar-refractivity contribution is 0.0755. The lowest BCUT2D eigenvalue weighted by Gasteiger charge is -2.22. The van der Waals surface area contributed by atoms with Crippen LogP contribution in [0.3, 0.4) is 0 Å². The summed E-state index contributed by atoms with van der Waals surface area (Å²) >= 11 is 6.10. The first kappa shape index (κ1) is 15.8. The minimum atomic E-state index is -0.0183. The van der Waals surface area contributed by atoms with Gasteiger partial charge in [0.1, 0.15) is 5.82 Å². The van der Waals surface area contributed by atoms with E-state index in [1.54, 1.807) is 6.07 Å². The van der Waals surface area contributed by atoms with Crippen LogP contribution in [0.15, 0.2) is 12.3 Å². The molecular weight excluding hydrogens is 262 g/mol. The molecule has 0 aliphatic carbocycles. The molecule has 4 nitrogen and oxygen atoms in total. The van der Waals surface area contributed by atoms with Crippen LogP contribution in [0, 0.1) is 0 Å². The number of anilines is 1. The molecule has 0 bridgehead atoms. The summed E-state index contributed by atoms with van der Waals surface area (Å²) in [6, 6.07) is 1.73. The number of amides is 1. The molecule has 1 aromatic heterocycles. The van der Waals surface area contributed by atoms with Gasteiger partial charge in [0.25, 0.3) is 5.91 Å². The van der Waals surface area contributed by atoms with Gasteiger partial charge in [-0.25, -0.2) is 4.98 Å². The van der Waals surface area contributed by atoms with E-state index in [2.05, 4.69) is 24.1 Å². The number of nitrogens with one attached hydrogen (secondary N) is 1. The van der Waals surface area contributed by atoms with Gasteiger partial charge in [0, 0.05) is 25.8 Å². The zero-order valence-electron chi connectivity index (χ0n) is 11.9. The first-order chi connectivity index (χ1) is 9.13. The van der Waals surface area contributed by atoms with Crippen molar-refractivity contribution < 1.29 is 4.79 Å². The maximum absolute atomic E-state index is 12.5. The minimum Gasteiger partial charge on any atom is -0.370 e. The summed E-state index contributed by atoms with van der Waals surface area (Å²) in [6.07, 6.45) is 3.41. The highest BCUT2D eigenvalue weighted by molar-refractivity contribution is 6.33. The Morgan fingerprint density at radius 1 is 1.32 bits per heavy atom. The van der Waals surface area contributed by atoms with E-state index in [1.165, 1.54) is 6.20 Å². The van der Waals surface area contributed by atoms with Crippen LogP contribution in [0.25, 0.3) is 0 Å². The Bertz CT molecular complexity index is 417. The maximum Gasteiger partial charge on any atom is 0.255 e. The van der Waals surface area contributed by atoms with E-state index in [0.717, 1.165) is 32.5 Å². The Balaban J connectivity index is 2.98. The van der Waals surface area contributed by atoms with E-state index in [4.69, 9.17) is 11.6 Å². The number of carbonyl (C=O) groups excluding carboxylic acids is 1. The largest absolute Gasteiger partial charge is 0.370 e. The van der Waals surface area contributed by atoms with Gasteiger partial charge in [-0.1, -0.05) is 25.4 Å². The van der Waals surface area contributed by atoms with Crippen LogP contribution >= 0.6 is 11.6 Å². The molecule has 1 heterocycles. The fourth-order valence-corrected chi connectivity index (χ4v) is 2.09. The number of pyridine rings is 1. The van der Waals surface area contributed by atoms with Crippen molar-refractivity contribution in [3.05, 3.63) is 22.8 Å². The molecule has 0 atom stereocenters. The van der Waals surface area contributed by atoms with Gasteiger partial charge in [-0.3, -0.25) is 4.79 Å². The molecule has 0 unspecified atom stereocenters. The number of rotatable bonds is 7. The second kappa shape index (κ2) is 8.00. The number of halogens is 1. The summed E-state index contributed by atoms with van der Waals surface area (Å²) < 4.78 is 0. The van der Waals surface area contributed by atoms with Crippen LogP contribution in [-0.4, -0.2) is 35.4 Å². The second-order valence-electron chi connectivity index (χ2n) is 4.37. The van der Waals surface area contributed by atoms with E-state index in [0.29, 0.717) is 16.4 Å². The van der Waals surface area contributed by atoms with Crippen molar-refractivity contribution in [1.29, 1.82) is 0 Å². The SMILES string of the molecule is CCCN(CCC)C(=O)c1cc(NCC)ncc1Cl. The molecule has 0 radical (unpaired) electrons. The predicted molar refractivity (Wildman–Crippen MR) is 79.9 cm³/mol. The Morgan fingerprint density at radius 2 is 1.95 bits per heavy atom. The Morgan fingerprint density at radius 3 is 2.47 bits per heavy atom. The molecule has 0 saturated heterocycles. The molecule has 1 rings (SSSR count). The summed E-state index contributed by atoms with van der Waals surface area (Å²) in [5.74, 6) is 0.665. The number of aromatic nitrogens is 1. The molecule has 5 heteroatoms. The number of carbonyl (C=O) groups is 1. The van der Waals surface area contributed by atoms with Crippen molar-refractivity contribution in [1.82, 2.24) is 9.88 Å². The van der Waals surface area contributed by atoms with Gasteiger partial charge < -0.3 is 10.2 Å². The van der Waals surface area contributed by atoms with Crippen molar-refractivity contribution in [3.63, 3.8) is 0 Å². The molecule has 19 heavy (non-hydrogen) atoms. The highest BCUT2D eigenvalue weighted by atomic mass is 35.5. The maximum atomic E-state index is 12.5. The van der Waals surface area contributed by atoms with Gasteiger partial charge in [0.2, 0.25) is 0 Å². The summed E-state index contributed by atoms with van der Waals surface area (Å²) in [7, 11) is 0. The molecule has 0 spiro atoms. The van der Waals surface area contributed by atoms with Crippen LogP contribution in [0.5, 0.6) is 0 Å². The molecule has 0 aliphatic rings. The van der Waals surface area contributed by atoms with Gasteiger partial charge in [0.15, 0.2) is 0 Å². The minimum absolute atomic E-state index is 0.0183. The van der Waals surface area contributed by atoms with Crippen molar-refractivity contribution in [2.24, 2.45) is 0 Å². The standard InChI is InChI=1S/C14H22ClN3O/c1-4-7-18(8-5-2)14(19)11-9-13(16-6-3)17-10-12(11)15/h9-10H,4-8H2,1-3H3,(H,16,17). The zero-order chi connectivity index (χ0) is 14.3. The molecule has 0 saturated carbocycles. The van der Waals surface area contributed by atoms with Crippen LogP contribution in [0.4, 0.5) is 5.82 Å². The van der Waals surface area contributed by atoms with E-state index in [1.807, 2.05) is 11.8 Å². The number of hydrogen-bond donors (Lipinski definition) is 1. The predicted octanol–water partition coefficient (Wildman–Crippen LogP) is 3.43. The topological polar surface area (TPSA) is 45.2 Å². The van der Waals surface area contributed by atoms with E-state index in [-0.39, 0.29) is 5.91 Å². The zero-order valence-corrected chi connectivity index (χ0v) is 12.6. The summed E-state index contributed by atoms with van der Waals surface area (Å²) in [4.78, 5) is 18.5. The summed E-state index contributed by atoms with van der Waals surface area (Å²) in [5.41, 5.74) is 0.523. The first-order valence-corrected chi connectivity index (χ1v) is 7.20. The highest BCUT2D eigenvalue weighted by Crippen LogP contribution is 2.20. The van der Waals surface area contributed by atoms with Gasteiger partial charge in [-0.2, -0.15) is 0 Å². The second-order valence-corrected chi connectivity index (χ2v) is 4.78. The number of nitrogens with zero attached hydrogens (tertiary/aromatic N) is 2. The normalized spacial score (nSPS) is 10.3. The highest BCUT2D eigenvalue weighted by Gasteiger charge is 2.18. The van der Waals surface area contributed by atoms with Gasteiger partial charge in [-0.15, -0.1) is 0 Å². The molecule has 0 aromatic carbocycles. The molecule has 1 N–H and O–H groups in total. The third kappa shape index (κ3) is 4.39. The quantitative estimate of drug-likeness (QED) is 0.834. The van der Waals surface area contributed by atoms with Crippen molar-refractivity contribution in [2.45, 2.75) is 33.6 Å². The first-order valence-electron chi connectivity index (χ1n) is 6.82. The van der Waals surface area contributed by atoms with E-state index >= 15 is 0 Å². The van der Waals surface area contributed by atoms with Crippen LogP contribution in [0.2, 0.25) is 5.02 Å². The molecule has 0 aliphatic heterocycles. The molecule has 1 aromatic rings. The smallest absolute Gasteiger partial charge is 0.255 e. The number of hydrogen-bond acceptors (Lipinski definition) is 3. The Labute approximate surface area is 120 Å². The monoisotopic (exact) mass is 283 g/mol. The van der Waals surface area contributed by atoms with Gasteiger partial charge >= 0.3 is 0 Å². The van der Waals surface area contributed by atoms with Crippen LogP contribution in [-0.2, 0) is 0 Å². The van der Waals surface area contributed by atoms with Gasteiger partial charge in [0.05, 0.1) is 10.6 Å². The Hall–Kier alpha value is -1.29. The fourth-order valence-electron chi connectivity index (χ4n) is 1.91. The van der Waals surface area contributed by atoms with Crippen molar-refractivity contribution >= 4 is 23.3 Å². The Kier molecular flexibility index (Phi) is 6.64. The molecule has 0 fully saturated rings. The lowest BCUT2D eigenvalue weighted by Crippen LogP contribution is -2.32. The summed E-state index contributed by atoms with van der Waals surface area (Å²) in [5, 5.41) is 3.50. The lowest BCUT2D eigenvalue weighted by atomic mass is 10.2. The fraction of sp³-hybridized carbons (Fsp3) is 0.571. The molecular formula is C14H22ClN3O.